The number of carbonyl (C=O) groups is 2. The van der Waals surface area contributed by atoms with Gasteiger partial charge in [0.2, 0.25) is 0 Å². The maximum atomic E-state index is 12.9. The Morgan fingerprint density at radius 3 is 2.67 bits per heavy atom. The third-order valence-electron chi connectivity index (χ3n) is 6.35. The standard InChI is InChI=1S/C22H27N3O6S2/c1-3-33(29,30)16-5-4-15(23-12-16)11-24-20(26)18-10-17-14(2)13-31-22(19(17)32-18)6-8-25(9-7-22)21(27)28/h4-5,10,12,14H,3,6-9,11,13H2,1-2H3,(H,24,26)(H,27,28). The van der Waals surface area contributed by atoms with Crippen LogP contribution in [0.3, 0.4) is 0 Å². The molecule has 4 heterocycles. The van der Waals surface area contributed by atoms with Crippen molar-refractivity contribution in [1.82, 2.24) is 15.2 Å². The van der Waals surface area contributed by atoms with Gasteiger partial charge in [0.1, 0.15) is 5.60 Å². The summed E-state index contributed by atoms with van der Waals surface area (Å²) < 4.78 is 30.1. The van der Waals surface area contributed by atoms with E-state index >= 15 is 0 Å². The minimum atomic E-state index is -3.31. The van der Waals surface area contributed by atoms with Crippen LogP contribution < -0.4 is 5.32 Å². The van der Waals surface area contributed by atoms with Gasteiger partial charge in [0, 0.05) is 30.1 Å². The number of hydrogen-bond acceptors (Lipinski definition) is 7. The van der Waals surface area contributed by atoms with Crippen molar-refractivity contribution in [3.05, 3.63) is 45.4 Å². The van der Waals surface area contributed by atoms with E-state index in [-0.39, 0.29) is 29.0 Å². The highest BCUT2D eigenvalue weighted by molar-refractivity contribution is 7.91. The first kappa shape index (κ1) is 23.7. The van der Waals surface area contributed by atoms with Crippen molar-refractivity contribution in [2.45, 2.75) is 49.6 Å². The van der Waals surface area contributed by atoms with Crippen molar-refractivity contribution >= 4 is 33.2 Å². The van der Waals surface area contributed by atoms with Crippen molar-refractivity contribution in [2.24, 2.45) is 0 Å². The Hall–Kier alpha value is -2.50. The van der Waals surface area contributed by atoms with E-state index in [2.05, 4.69) is 17.2 Å². The second kappa shape index (κ2) is 9.03. The van der Waals surface area contributed by atoms with Crippen LogP contribution in [0, 0.1) is 0 Å². The molecule has 11 heteroatoms. The lowest BCUT2D eigenvalue weighted by molar-refractivity contribution is -0.0978. The number of amides is 2. The summed E-state index contributed by atoms with van der Waals surface area (Å²) in [6, 6.07) is 5.02. The molecule has 2 aromatic heterocycles. The van der Waals surface area contributed by atoms with E-state index < -0.39 is 21.5 Å². The van der Waals surface area contributed by atoms with Crippen LogP contribution in [0.4, 0.5) is 4.79 Å². The second-order valence-corrected chi connectivity index (χ2v) is 11.8. The van der Waals surface area contributed by atoms with Crippen molar-refractivity contribution in [3.63, 3.8) is 0 Å². The summed E-state index contributed by atoms with van der Waals surface area (Å²) in [5.74, 6) is -0.0754. The summed E-state index contributed by atoms with van der Waals surface area (Å²) in [5.41, 5.74) is 1.11. The summed E-state index contributed by atoms with van der Waals surface area (Å²) in [5, 5.41) is 12.1. The van der Waals surface area contributed by atoms with E-state index in [1.807, 2.05) is 6.07 Å². The minimum Gasteiger partial charge on any atom is -0.465 e. The topological polar surface area (TPSA) is 126 Å². The fraction of sp³-hybridized carbons (Fsp3) is 0.500. The number of likely N-dealkylation sites (tertiary alicyclic amines) is 1. The number of carbonyl (C=O) groups excluding carboxylic acids is 1. The third kappa shape index (κ3) is 4.62. The molecule has 0 radical (unpaired) electrons. The van der Waals surface area contributed by atoms with E-state index in [0.29, 0.717) is 43.1 Å². The molecule has 2 amide bonds. The minimum absolute atomic E-state index is 0.00573. The van der Waals surface area contributed by atoms with Gasteiger partial charge in [-0.15, -0.1) is 11.3 Å². The van der Waals surface area contributed by atoms with Gasteiger partial charge >= 0.3 is 6.09 Å². The van der Waals surface area contributed by atoms with Crippen LogP contribution >= 0.6 is 11.3 Å². The van der Waals surface area contributed by atoms with Crippen molar-refractivity contribution in [3.8, 4) is 0 Å². The SMILES string of the molecule is CCS(=O)(=O)c1ccc(CNC(=O)c2cc3c(s2)C2(CCN(C(=O)O)CC2)OCC3C)nc1. The number of sulfone groups is 1. The highest BCUT2D eigenvalue weighted by Crippen LogP contribution is 2.48. The molecule has 33 heavy (non-hydrogen) atoms. The average Bonchev–Trinajstić information content (AvgIpc) is 3.28. The maximum Gasteiger partial charge on any atom is 0.407 e. The first-order valence-electron chi connectivity index (χ1n) is 10.9. The molecule has 2 aliphatic rings. The number of aromatic nitrogens is 1. The summed E-state index contributed by atoms with van der Waals surface area (Å²) in [6.07, 6.45) is 1.53. The molecule has 2 aliphatic heterocycles. The van der Waals surface area contributed by atoms with Gasteiger partial charge in [0.05, 0.1) is 34.4 Å². The molecular formula is C22H27N3O6S2. The number of pyridine rings is 1. The Kier molecular flexibility index (Phi) is 6.47. The summed E-state index contributed by atoms with van der Waals surface area (Å²) in [6.45, 7) is 5.15. The summed E-state index contributed by atoms with van der Waals surface area (Å²) >= 11 is 1.40. The number of rotatable bonds is 5. The summed E-state index contributed by atoms with van der Waals surface area (Å²) in [7, 11) is -3.31. The van der Waals surface area contributed by atoms with Gasteiger partial charge in [-0.05, 0) is 36.6 Å². The Morgan fingerprint density at radius 1 is 1.33 bits per heavy atom. The first-order chi connectivity index (χ1) is 15.6. The van der Waals surface area contributed by atoms with Gasteiger partial charge in [-0.2, -0.15) is 0 Å². The van der Waals surface area contributed by atoms with E-state index in [0.717, 1.165) is 10.4 Å². The highest BCUT2D eigenvalue weighted by Gasteiger charge is 2.45. The second-order valence-electron chi connectivity index (χ2n) is 8.44. The molecule has 0 saturated carbocycles. The lowest BCUT2D eigenvalue weighted by Gasteiger charge is -2.44. The van der Waals surface area contributed by atoms with Crippen LogP contribution in [-0.2, 0) is 26.7 Å². The molecule has 2 N–H and O–H groups in total. The molecule has 0 bridgehead atoms. The van der Waals surface area contributed by atoms with Crippen LogP contribution in [-0.4, -0.2) is 60.9 Å². The molecule has 0 aliphatic carbocycles. The zero-order chi connectivity index (χ0) is 23.8. The van der Waals surface area contributed by atoms with Crippen molar-refractivity contribution in [1.29, 1.82) is 0 Å². The number of carboxylic acid groups (broad SMARTS) is 1. The fourth-order valence-corrected chi connectivity index (χ4v) is 6.45. The number of hydrogen-bond donors (Lipinski definition) is 2. The average molecular weight is 494 g/mol. The monoisotopic (exact) mass is 493 g/mol. The number of piperidine rings is 1. The smallest absolute Gasteiger partial charge is 0.407 e. The predicted molar refractivity (Wildman–Crippen MR) is 122 cm³/mol. The molecule has 1 spiro atoms. The Bertz CT molecular complexity index is 1150. The molecule has 0 aromatic carbocycles. The van der Waals surface area contributed by atoms with Gasteiger partial charge in [0.15, 0.2) is 9.84 Å². The lowest BCUT2D eigenvalue weighted by atomic mass is 9.82. The molecular weight excluding hydrogens is 466 g/mol. The maximum absolute atomic E-state index is 12.9. The number of nitrogens with one attached hydrogen (secondary N) is 1. The van der Waals surface area contributed by atoms with Gasteiger partial charge in [0.25, 0.3) is 5.91 Å². The number of nitrogens with zero attached hydrogens (tertiary/aromatic N) is 2. The highest BCUT2D eigenvalue weighted by atomic mass is 32.2. The molecule has 1 atom stereocenters. The van der Waals surface area contributed by atoms with E-state index in [1.54, 1.807) is 13.0 Å². The van der Waals surface area contributed by atoms with Gasteiger partial charge in [-0.25, -0.2) is 13.2 Å². The van der Waals surface area contributed by atoms with Crippen molar-refractivity contribution in [2.75, 3.05) is 25.4 Å². The first-order valence-corrected chi connectivity index (χ1v) is 13.3. The van der Waals surface area contributed by atoms with Gasteiger partial charge in [-0.1, -0.05) is 13.8 Å². The van der Waals surface area contributed by atoms with Crippen LogP contribution in [0.2, 0.25) is 0 Å². The van der Waals surface area contributed by atoms with E-state index in [9.17, 15) is 23.1 Å². The lowest BCUT2D eigenvalue weighted by Crippen LogP contribution is -2.47. The zero-order valence-corrected chi connectivity index (χ0v) is 20.2. The molecule has 1 fully saturated rings. The molecule has 1 unspecified atom stereocenters. The van der Waals surface area contributed by atoms with E-state index in [4.69, 9.17) is 4.74 Å². The van der Waals surface area contributed by atoms with Crippen LogP contribution in [0.15, 0.2) is 29.3 Å². The van der Waals surface area contributed by atoms with Crippen LogP contribution in [0.1, 0.15) is 58.4 Å². The van der Waals surface area contributed by atoms with Gasteiger partial charge < -0.3 is 20.1 Å². The predicted octanol–water partition coefficient (Wildman–Crippen LogP) is 2.97. The normalized spacial score (nSPS) is 19.8. The number of thiophene rings is 1. The van der Waals surface area contributed by atoms with E-state index in [1.165, 1.54) is 28.5 Å². The number of ether oxygens (including phenoxy) is 1. The quantitative estimate of drug-likeness (QED) is 0.656. The van der Waals surface area contributed by atoms with Gasteiger partial charge in [-0.3, -0.25) is 9.78 Å². The largest absolute Gasteiger partial charge is 0.465 e. The zero-order valence-electron chi connectivity index (χ0n) is 18.5. The Balaban J connectivity index is 1.47. The number of fused-ring (bicyclic) bond motifs is 2. The molecule has 2 aromatic rings. The molecule has 9 nitrogen and oxygen atoms in total. The molecule has 4 rings (SSSR count). The van der Waals surface area contributed by atoms with Crippen LogP contribution in [0.5, 0.6) is 0 Å². The Morgan fingerprint density at radius 2 is 2.06 bits per heavy atom. The molecule has 178 valence electrons. The molecule has 1 saturated heterocycles. The van der Waals surface area contributed by atoms with Crippen molar-refractivity contribution < 1.29 is 27.9 Å². The fourth-order valence-electron chi connectivity index (χ4n) is 4.23. The summed E-state index contributed by atoms with van der Waals surface area (Å²) in [4.78, 5) is 31.5. The van der Waals surface area contributed by atoms with Crippen LogP contribution in [0.25, 0.3) is 0 Å². The third-order valence-corrected chi connectivity index (χ3v) is 9.40. The Labute approximate surface area is 196 Å².